The van der Waals surface area contributed by atoms with Crippen LogP contribution >= 0.6 is 0 Å². The number of pyridine rings is 1. The number of H-pyrrole nitrogens is 1. The number of fused-ring (bicyclic) bond motifs is 1. The first-order valence-corrected chi connectivity index (χ1v) is 7.46. The quantitative estimate of drug-likeness (QED) is 0.567. The molecule has 0 atom stereocenters. The molecule has 126 valence electrons. The predicted octanol–water partition coefficient (Wildman–Crippen LogP) is 4.20. The monoisotopic (exact) mass is 343 g/mol. The zero-order valence-electron chi connectivity index (χ0n) is 13.0. The lowest BCUT2D eigenvalue weighted by molar-refractivity contribution is 0.146. The van der Waals surface area contributed by atoms with Crippen LogP contribution in [-0.4, -0.2) is 24.7 Å². The number of nitrogens with zero attached hydrogens (tertiary/aromatic N) is 4. The molecule has 0 aliphatic carbocycles. The van der Waals surface area contributed by atoms with E-state index >= 15 is 0 Å². The standard InChI is InChI=1S/C17H12F3N5/c1-9-4-12(5-11-7-22-24-15(9)11)25-8-13(16(19)20)23-17(25)10-2-3-21-14(18)6-10/h2-8,16H,1H3,(H,22,24). The van der Waals surface area contributed by atoms with Crippen molar-refractivity contribution in [3.8, 4) is 17.1 Å². The fraction of sp³-hybridized carbons (Fsp3) is 0.118. The maximum absolute atomic E-state index is 13.5. The van der Waals surface area contributed by atoms with Crippen LogP contribution in [0.25, 0.3) is 28.0 Å². The van der Waals surface area contributed by atoms with E-state index in [1.807, 2.05) is 19.1 Å². The molecule has 25 heavy (non-hydrogen) atoms. The van der Waals surface area contributed by atoms with Crippen molar-refractivity contribution in [2.75, 3.05) is 0 Å². The zero-order valence-corrected chi connectivity index (χ0v) is 13.0. The van der Waals surface area contributed by atoms with Gasteiger partial charge in [-0.25, -0.2) is 18.7 Å². The van der Waals surface area contributed by atoms with E-state index in [4.69, 9.17) is 0 Å². The Kier molecular flexibility index (Phi) is 3.52. The molecule has 1 aromatic carbocycles. The van der Waals surface area contributed by atoms with Crippen LogP contribution in [0.4, 0.5) is 13.2 Å². The number of aromatic amines is 1. The second-order valence-corrected chi connectivity index (χ2v) is 5.62. The van der Waals surface area contributed by atoms with E-state index in [0.29, 0.717) is 11.3 Å². The first-order valence-electron chi connectivity index (χ1n) is 7.46. The number of nitrogens with one attached hydrogen (secondary N) is 1. The summed E-state index contributed by atoms with van der Waals surface area (Å²) < 4.78 is 41.4. The highest BCUT2D eigenvalue weighted by molar-refractivity contribution is 5.83. The molecule has 0 aliphatic rings. The molecule has 3 heterocycles. The third-order valence-corrected chi connectivity index (χ3v) is 3.94. The highest BCUT2D eigenvalue weighted by Crippen LogP contribution is 2.29. The van der Waals surface area contributed by atoms with Crippen molar-refractivity contribution in [2.45, 2.75) is 13.3 Å². The number of rotatable bonds is 3. The van der Waals surface area contributed by atoms with Gasteiger partial charge in [0.2, 0.25) is 5.95 Å². The Morgan fingerprint density at radius 3 is 2.80 bits per heavy atom. The highest BCUT2D eigenvalue weighted by Gasteiger charge is 2.19. The highest BCUT2D eigenvalue weighted by atomic mass is 19.3. The van der Waals surface area contributed by atoms with E-state index in [2.05, 4.69) is 20.2 Å². The van der Waals surface area contributed by atoms with E-state index in [1.54, 1.807) is 6.20 Å². The fourth-order valence-electron chi connectivity index (χ4n) is 2.80. The van der Waals surface area contributed by atoms with Gasteiger partial charge in [-0.3, -0.25) is 9.67 Å². The third-order valence-electron chi connectivity index (χ3n) is 3.94. The molecule has 4 aromatic rings. The molecule has 0 amide bonds. The Morgan fingerprint density at radius 1 is 1.20 bits per heavy atom. The average Bonchev–Trinajstić information content (AvgIpc) is 3.22. The fourth-order valence-corrected chi connectivity index (χ4v) is 2.80. The molecule has 0 aliphatic heterocycles. The van der Waals surface area contributed by atoms with Crippen LogP contribution in [0.1, 0.15) is 17.7 Å². The molecule has 0 fully saturated rings. The minimum atomic E-state index is -2.73. The molecular formula is C17H12F3N5. The van der Waals surface area contributed by atoms with Crippen LogP contribution in [0.15, 0.2) is 42.9 Å². The van der Waals surface area contributed by atoms with E-state index in [1.165, 1.54) is 23.0 Å². The minimum absolute atomic E-state index is 0.221. The van der Waals surface area contributed by atoms with Crippen molar-refractivity contribution in [3.63, 3.8) is 0 Å². The molecule has 0 saturated carbocycles. The number of aryl methyl sites for hydroxylation is 1. The van der Waals surface area contributed by atoms with E-state index in [-0.39, 0.29) is 11.5 Å². The summed E-state index contributed by atoms with van der Waals surface area (Å²) in [4.78, 5) is 7.48. The molecule has 0 radical (unpaired) electrons. The van der Waals surface area contributed by atoms with Crippen LogP contribution in [0.5, 0.6) is 0 Å². The number of alkyl halides is 2. The Hall–Kier alpha value is -3.16. The lowest BCUT2D eigenvalue weighted by Gasteiger charge is -2.09. The summed E-state index contributed by atoms with van der Waals surface area (Å²) in [7, 11) is 0. The van der Waals surface area contributed by atoms with E-state index in [0.717, 1.165) is 22.5 Å². The summed E-state index contributed by atoms with van der Waals surface area (Å²) in [6, 6.07) is 6.33. The van der Waals surface area contributed by atoms with Crippen molar-refractivity contribution in [2.24, 2.45) is 0 Å². The summed E-state index contributed by atoms with van der Waals surface area (Å²) in [6.07, 6.45) is 1.46. The van der Waals surface area contributed by atoms with Gasteiger partial charge in [-0.2, -0.15) is 9.49 Å². The van der Waals surface area contributed by atoms with Crippen LogP contribution in [0.3, 0.4) is 0 Å². The third kappa shape index (κ3) is 2.65. The van der Waals surface area contributed by atoms with Crippen molar-refractivity contribution >= 4 is 10.9 Å². The summed E-state index contributed by atoms with van der Waals surface area (Å²) in [5, 5.41) is 7.73. The van der Waals surface area contributed by atoms with E-state index in [9.17, 15) is 13.2 Å². The van der Waals surface area contributed by atoms with Crippen LogP contribution < -0.4 is 0 Å². The summed E-state index contributed by atoms with van der Waals surface area (Å²) in [6.45, 7) is 1.89. The second kappa shape index (κ2) is 5.73. The molecule has 8 heteroatoms. The molecule has 3 aromatic heterocycles. The number of hydrogen-bond donors (Lipinski definition) is 1. The smallest absolute Gasteiger partial charge is 0.281 e. The molecule has 4 rings (SSSR count). The van der Waals surface area contributed by atoms with Crippen molar-refractivity contribution < 1.29 is 13.2 Å². The van der Waals surface area contributed by atoms with Gasteiger partial charge in [0.15, 0.2) is 0 Å². The molecule has 1 N–H and O–H groups in total. The lowest BCUT2D eigenvalue weighted by Crippen LogP contribution is -1.98. The lowest BCUT2D eigenvalue weighted by atomic mass is 10.1. The molecular weight excluding hydrogens is 331 g/mol. The zero-order chi connectivity index (χ0) is 17.6. The minimum Gasteiger partial charge on any atom is -0.299 e. The Labute approximate surface area is 140 Å². The summed E-state index contributed by atoms with van der Waals surface area (Å²) >= 11 is 0. The Balaban J connectivity index is 1.96. The number of hydrogen-bond acceptors (Lipinski definition) is 3. The average molecular weight is 343 g/mol. The van der Waals surface area contributed by atoms with Gasteiger partial charge in [-0.15, -0.1) is 0 Å². The first-order chi connectivity index (χ1) is 12.0. The maximum atomic E-state index is 13.5. The molecule has 5 nitrogen and oxygen atoms in total. The number of imidazole rings is 1. The van der Waals surface area contributed by atoms with Gasteiger partial charge in [-0.05, 0) is 30.7 Å². The van der Waals surface area contributed by atoms with Crippen molar-refractivity contribution in [1.82, 2.24) is 24.7 Å². The molecule has 0 unspecified atom stereocenters. The molecule has 0 saturated heterocycles. The summed E-state index contributed by atoms with van der Waals surface area (Å²) in [5.74, 6) is -0.481. The Bertz CT molecular complexity index is 1070. The first kappa shape index (κ1) is 15.4. The topological polar surface area (TPSA) is 59.4 Å². The molecule has 0 spiro atoms. The van der Waals surface area contributed by atoms with Gasteiger partial charge in [0.1, 0.15) is 11.5 Å². The number of halogens is 3. The van der Waals surface area contributed by atoms with Crippen LogP contribution in [0.2, 0.25) is 0 Å². The number of aromatic nitrogens is 5. The SMILES string of the molecule is Cc1cc(-n2cc(C(F)F)nc2-c2ccnc(F)c2)cc2cn[nH]c12. The maximum Gasteiger partial charge on any atom is 0.281 e. The van der Waals surface area contributed by atoms with Gasteiger partial charge in [-0.1, -0.05) is 0 Å². The second-order valence-electron chi connectivity index (χ2n) is 5.62. The Morgan fingerprint density at radius 2 is 2.04 bits per heavy atom. The van der Waals surface area contributed by atoms with Gasteiger partial charge < -0.3 is 0 Å². The van der Waals surface area contributed by atoms with Gasteiger partial charge >= 0.3 is 0 Å². The van der Waals surface area contributed by atoms with Gasteiger partial charge in [0.05, 0.1) is 11.7 Å². The van der Waals surface area contributed by atoms with Crippen LogP contribution in [0, 0.1) is 12.9 Å². The van der Waals surface area contributed by atoms with Crippen LogP contribution in [-0.2, 0) is 0 Å². The van der Waals surface area contributed by atoms with Crippen molar-refractivity contribution in [3.05, 3.63) is 60.1 Å². The van der Waals surface area contributed by atoms with Gasteiger partial charge in [0, 0.05) is 35.1 Å². The van der Waals surface area contributed by atoms with Gasteiger partial charge in [0.25, 0.3) is 6.43 Å². The normalized spacial score (nSPS) is 11.6. The molecule has 0 bridgehead atoms. The number of benzene rings is 1. The predicted molar refractivity (Wildman–Crippen MR) is 86.1 cm³/mol. The van der Waals surface area contributed by atoms with Crippen molar-refractivity contribution in [1.29, 1.82) is 0 Å². The summed E-state index contributed by atoms with van der Waals surface area (Å²) in [5.41, 5.74) is 2.40. The largest absolute Gasteiger partial charge is 0.299 e. The van der Waals surface area contributed by atoms with E-state index < -0.39 is 12.4 Å².